The molecular formula is C11H8BrNO4. The van der Waals surface area contributed by atoms with Gasteiger partial charge in [0.1, 0.15) is 0 Å². The molecule has 1 aliphatic heterocycles. The van der Waals surface area contributed by atoms with Gasteiger partial charge in [-0.05, 0) is 17.7 Å². The maximum Gasteiger partial charge on any atom is 0.415 e. The molecule has 17 heavy (non-hydrogen) atoms. The first-order chi connectivity index (χ1) is 8.03. The fourth-order valence-corrected chi connectivity index (χ4v) is 2.78. The average molecular weight is 298 g/mol. The summed E-state index contributed by atoms with van der Waals surface area (Å²) < 4.78 is 5.89. The van der Waals surface area contributed by atoms with Crippen LogP contribution in [0.3, 0.4) is 0 Å². The van der Waals surface area contributed by atoms with Crippen LogP contribution in [0, 0.1) is 0 Å². The Morgan fingerprint density at radius 3 is 2.88 bits per heavy atom. The Labute approximate surface area is 105 Å². The summed E-state index contributed by atoms with van der Waals surface area (Å²) in [7, 11) is 0. The molecular weight excluding hydrogens is 290 g/mol. The lowest BCUT2D eigenvalue weighted by Crippen LogP contribution is -2.34. The molecule has 2 aliphatic rings. The molecule has 0 bridgehead atoms. The lowest BCUT2D eigenvalue weighted by Gasteiger charge is -2.19. The number of hydrogen-bond acceptors (Lipinski definition) is 4. The van der Waals surface area contributed by atoms with E-state index in [0.29, 0.717) is 11.1 Å². The first-order valence-corrected chi connectivity index (χ1v) is 5.85. The van der Waals surface area contributed by atoms with Crippen LogP contribution >= 0.6 is 15.9 Å². The number of nitrogens with one attached hydrogen (secondary N) is 1. The van der Waals surface area contributed by atoms with Gasteiger partial charge in [-0.15, -0.1) is 0 Å². The van der Waals surface area contributed by atoms with E-state index in [1.54, 1.807) is 18.2 Å². The van der Waals surface area contributed by atoms with Gasteiger partial charge in [0.25, 0.3) is 5.91 Å². The van der Waals surface area contributed by atoms with Gasteiger partial charge in [0.15, 0.2) is 0 Å². The molecule has 6 heteroatoms. The standard InChI is InChI=1S/C11H8BrNO4/c12-5-1-2-7-6(3-5)8(14)4-11(7)9(15)13-10(16)17-11/h1-3,8,14H,4H2,(H,13,15,16)/t8-,11-/m1/s1. The molecule has 2 atom stereocenters. The van der Waals surface area contributed by atoms with E-state index in [2.05, 4.69) is 21.2 Å². The van der Waals surface area contributed by atoms with Crippen molar-refractivity contribution in [2.45, 2.75) is 18.1 Å². The van der Waals surface area contributed by atoms with E-state index < -0.39 is 23.7 Å². The fraction of sp³-hybridized carbons (Fsp3) is 0.273. The Bertz CT molecular complexity index is 544. The molecule has 2 amide bonds. The summed E-state index contributed by atoms with van der Waals surface area (Å²) >= 11 is 3.30. The second-order valence-electron chi connectivity index (χ2n) is 4.12. The van der Waals surface area contributed by atoms with Crippen molar-refractivity contribution >= 4 is 27.9 Å². The summed E-state index contributed by atoms with van der Waals surface area (Å²) in [6.07, 6.45) is -1.51. The first-order valence-electron chi connectivity index (χ1n) is 5.05. The zero-order valence-corrected chi connectivity index (χ0v) is 10.2. The molecule has 1 aromatic carbocycles. The number of aliphatic hydroxyl groups is 1. The number of imide groups is 1. The second kappa shape index (κ2) is 3.30. The number of amides is 2. The largest absolute Gasteiger partial charge is 0.427 e. The van der Waals surface area contributed by atoms with Gasteiger partial charge < -0.3 is 9.84 Å². The SMILES string of the molecule is O=C1NC(=O)[C@]2(C[C@@H](O)c3cc(Br)ccc32)O1. The molecule has 2 N–H and O–H groups in total. The molecule has 1 fully saturated rings. The smallest absolute Gasteiger partial charge is 0.415 e. The third kappa shape index (κ3) is 1.34. The summed E-state index contributed by atoms with van der Waals surface area (Å²) in [5.41, 5.74) is -0.187. The van der Waals surface area contributed by atoms with E-state index >= 15 is 0 Å². The topological polar surface area (TPSA) is 75.6 Å². The van der Waals surface area contributed by atoms with E-state index in [4.69, 9.17) is 4.74 Å². The Morgan fingerprint density at radius 2 is 2.24 bits per heavy atom. The monoisotopic (exact) mass is 297 g/mol. The predicted molar refractivity (Wildman–Crippen MR) is 60.0 cm³/mol. The Hall–Kier alpha value is -1.40. The highest BCUT2D eigenvalue weighted by molar-refractivity contribution is 9.10. The van der Waals surface area contributed by atoms with Crippen LogP contribution in [0.2, 0.25) is 0 Å². The molecule has 1 aliphatic carbocycles. The first kappa shape index (κ1) is 10.7. The maximum absolute atomic E-state index is 11.8. The number of benzene rings is 1. The highest BCUT2D eigenvalue weighted by Gasteiger charge is 2.56. The van der Waals surface area contributed by atoms with Crippen LogP contribution in [0.4, 0.5) is 4.79 Å². The van der Waals surface area contributed by atoms with Gasteiger partial charge >= 0.3 is 6.09 Å². The van der Waals surface area contributed by atoms with E-state index in [9.17, 15) is 14.7 Å². The van der Waals surface area contributed by atoms with Crippen molar-refractivity contribution in [2.75, 3.05) is 0 Å². The molecule has 0 radical (unpaired) electrons. The number of halogens is 1. The van der Waals surface area contributed by atoms with Crippen molar-refractivity contribution in [2.24, 2.45) is 0 Å². The van der Waals surface area contributed by atoms with Crippen LogP contribution in [-0.2, 0) is 15.1 Å². The van der Waals surface area contributed by atoms with Crippen molar-refractivity contribution in [3.63, 3.8) is 0 Å². The molecule has 1 saturated heterocycles. The van der Waals surface area contributed by atoms with Gasteiger partial charge in [0.2, 0.25) is 5.60 Å². The quantitative estimate of drug-likeness (QED) is 0.758. The number of aliphatic hydroxyl groups excluding tert-OH is 1. The normalized spacial score (nSPS) is 30.4. The highest BCUT2D eigenvalue weighted by Crippen LogP contribution is 2.48. The third-order valence-electron chi connectivity index (χ3n) is 3.14. The lowest BCUT2D eigenvalue weighted by atomic mass is 9.95. The molecule has 88 valence electrons. The van der Waals surface area contributed by atoms with Crippen LogP contribution in [0.1, 0.15) is 23.7 Å². The minimum absolute atomic E-state index is 0.0658. The van der Waals surface area contributed by atoms with Gasteiger partial charge in [-0.3, -0.25) is 10.1 Å². The molecule has 1 aromatic rings. The number of fused-ring (bicyclic) bond motifs is 2. The Morgan fingerprint density at radius 1 is 1.47 bits per heavy atom. The number of carbonyl (C=O) groups excluding carboxylic acids is 2. The zero-order valence-electron chi connectivity index (χ0n) is 8.57. The van der Waals surface area contributed by atoms with Gasteiger partial charge in [-0.2, -0.15) is 0 Å². The molecule has 0 aromatic heterocycles. The summed E-state index contributed by atoms with van der Waals surface area (Å²) in [5.74, 6) is -0.511. The minimum Gasteiger partial charge on any atom is -0.427 e. The van der Waals surface area contributed by atoms with Crippen LogP contribution in [0.15, 0.2) is 22.7 Å². The number of hydrogen-bond donors (Lipinski definition) is 2. The molecule has 0 unspecified atom stereocenters. The van der Waals surface area contributed by atoms with Crippen molar-refractivity contribution in [3.8, 4) is 0 Å². The summed E-state index contributed by atoms with van der Waals surface area (Å²) in [6, 6.07) is 5.17. The van der Waals surface area contributed by atoms with Gasteiger partial charge in [-0.1, -0.05) is 22.0 Å². The summed E-state index contributed by atoms with van der Waals surface area (Å²) in [4.78, 5) is 23.0. The van der Waals surface area contributed by atoms with E-state index in [1.165, 1.54) is 0 Å². The molecule has 0 saturated carbocycles. The van der Waals surface area contributed by atoms with Gasteiger partial charge in [0.05, 0.1) is 6.10 Å². The van der Waals surface area contributed by atoms with Crippen LogP contribution < -0.4 is 5.32 Å². The van der Waals surface area contributed by atoms with Crippen molar-refractivity contribution in [3.05, 3.63) is 33.8 Å². The molecule has 1 spiro atoms. The van der Waals surface area contributed by atoms with Gasteiger partial charge in [-0.25, -0.2) is 4.79 Å². The maximum atomic E-state index is 11.8. The van der Waals surface area contributed by atoms with Crippen molar-refractivity contribution in [1.29, 1.82) is 0 Å². The van der Waals surface area contributed by atoms with Crippen molar-refractivity contribution < 1.29 is 19.4 Å². The number of alkyl carbamates (subject to hydrolysis) is 1. The zero-order chi connectivity index (χ0) is 12.2. The summed E-state index contributed by atoms with van der Waals surface area (Å²) in [5, 5.41) is 12.0. The molecule has 3 rings (SSSR count). The van der Waals surface area contributed by atoms with E-state index in [-0.39, 0.29) is 6.42 Å². The Balaban J connectivity index is 2.19. The third-order valence-corrected chi connectivity index (χ3v) is 3.63. The van der Waals surface area contributed by atoms with Crippen LogP contribution in [0.25, 0.3) is 0 Å². The summed E-state index contributed by atoms with van der Waals surface area (Å²) in [6.45, 7) is 0. The second-order valence-corrected chi connectivity index (χ2v) is 5.04. The van der Waals surface area contributed by atoms with Crippen molar-refractivity contribution in [1.82, 2.24) is 5.32 Å². The van der Waals surface area contributed by atoms with E-state index in [1.807, 2.05) is 0 Å². The van der Waals surface area contributed by atoms with Crippen LogP contribution in [-0.4, -0.2) is 17.1 Å². The number of ether oxygens (including phenoxy) is 1. The average Bonchev–Trinajstić information content (AvgIpc) is 2.67. The van der Waals surface area contributed by atoms with Gasteiger partial charge in [0, 0.05) is 16.5 Å². The Kier molecular flexibility index (Phi) is 2.08. The fourth-order valence-electron chi connectivity index (χ4n) is 2.40. The lowest BCUT2D eigenvalue weighted by molar-refractivity contribution is -0.133. The highest BCUT2D eigenvalue weighted by atomic mass is 79.9. The number of rotatable bonds is 0. The van der Waals surface area contributed by atoms with Crippen LogP contribution in [0.5, 0.6) is 0 Å². The minimum atomic E-state index is -1.35. The predicted octanol–water partition coefficient (Wildman–Crippen LogP) is 1.35. The molecule has 1 heterocycles. The van der Waals surface area contributed by atoms with E-state index in [0.717, 1.165) is 4.47 Å². The molecule has 5 nitrogen and oxygen atoms in total. The number of carbonyl (C=O) groups is 2.